The molecule has 0 bridgehead atoms. The summed E-state index contributed by atoms with van der Waals surface area (Å²) in [6, 6.07) is 29.4. The van der Waals surface area contributed by atoms with Crippen molar-refractivity contribution in [1.29, 1.82) is 0 Å². The number of halogens is 2. The Morgan fingerprint density at radius 3 is 1.69 bits per heavy atom. The van der Waals surface area contributed by atoms with Gasteiger partial charge in [-0.25, -0.2) is 18.7 Å². The van der Waals surface area contributed by atoms with Crippen LogP contribution in [0.2, 0.25) is 0 Å². The summed E-state index contributed by atoms with van der Waals surface area (Å²) in [5.74, 6) is 3.10. The highest BCUT2D eigenvalue weighted by atomic mass is 19.1. The highest BCUT2D eigenvalue weighted by molar-refractivity contribution is 5.82. The summed E-state index contributed by atoms with van der Waals surface area (Å²) in [5, 5.41) is 14.1. The highest BCUT2D eigenvalue weighted by Gasteiger charge is 2.35. The van der Waals surface area contributed by atoms with E-state index >= 15 is 0 Å². The van der Waals surface area contributed by atoms with Gasteiger partial charge in [0.25, 0.3) is 0 Å². The number of anilines is 4. The number of imidazole rings is 2. The number of hydrogen-bond acceptors (Lipinski definition) is 8. The van der Waals surface area contributed by atoms with E-state index in [1.807, 2.05) is 21.9 Å². The third-order valence-corrected chi connectivity index (χ3v) is 13.3. The summed E-state index contributed by atoms with van der Waals surface area (Å²) in [6.07, 6.45) is 3.53. The molecule has 6 aromatic rings. The van der Waals surface area contributed by atoms with Crippen LogP contribution in [0.25, 0.3) is 22.5 Å². The van der Waals surface area contributed by atoms with Crippen LogP contribution in [0.4, 0.5) is 31.8 Å². The summed E-state index contributed by atoms with van der Waals surface area (Å²) < 4.78 is 32.2. The second-order valence-corrected chi connectivity index (χ2v) is 17.8. The minimum absolute atomic E-state index is 0.00798. The van der Waals surface area contributed by atoms with E-state index in [2.05, 4.69) is 73.7 Å². The fraction of sp³-hybridized carbons (Fsp3) is 0.360. The van der Waals surface area contributed by atoms with Crippen molar-refractivity contribution < 1.29 is 18.4 Å². The molecule has 12 nitrogen and oxygen atoms in total. The molecule has 4 aliphatic rings. The van der Waals surface area contributed by atoms with Crippen molar-refractivity contribution in [3.8, 4) is 22.5 Å². The van der Waals surface area contributed by atoms with Crippen molar-refractivity contribution in [1.82, 2.24) is 39.5 Å². The number of carbonyl (C=O) groups is 2. The molecule has 3 atom stereocenters. The van der Waals surface area contributed by atoms with Crippen molar-refractivity contribution >= 4 is 34.8 Å². The van der Waals surface area contributed by atoms with Gasteiger partial charge in [0.1, 0.15) is 46.3 Å². The van der Waals surface area contributed by atoms with Crippen molar-refractivity contribution in [2.75, 3.05) is 49.9 Å². The van der Waals surface area contributed by atoms with E-state index in [1.54, 1.807) is 24.3 Å². The van der Waals surface area contributed by atoms with Crippen molar-refractivity contribution in [3.05, 3.63) is 131 Å². The second-order valence-electron chi connectivity index (χ2n) is 17.8. The minimum atomic E-state index is -0.307. The Labute approximate surface area is 372 Å². The Bertz CT molecular complexity index is 2620. The van der Waals surface area contributed by atoms with Crippen LogP contribution in [0.5, 0.6) is 0 Å². The molecule has 330 valence electrons. The Balaban J connectivity index is 0.804. The molecule has 0 aliphatic carbocycles. The van der Waals surface area contributed by atoms with Crippen LogP contribution in [-0.4, -0.2) is 80.0 Å². The van der Waals surface area contributed by atoms with Crippen LogP contribution in [0.1, 0.15) is 42.0 Å². The van der Waals surface area contributed by atoms with Crippen LogP contribution >= 0.6 is 0 Å². The average molecular weight is 865 g/mol. The standard InChI is InChI=1S/C50H54F2N10O2/c1-32-4-16-41(17-5-32)55-47-45(35-8-12-39(51)13-9-35)58-44-31-60(22-24-62(44)47)50(64)38-26-34(27-54-29-38)25-33-6-18-42(19-7-33)56-48-46(36-10-14-40(52)15-11-36)57-43-30-59(21-23-61(43)48)49(63)37-3-2-20-53-28-37/h4-19,34,37-38,53-56H,2-3,20-31H2,1H3/t34?,37?,38-/m1/s1. The van der Waals surface area contributed by atoms with E-state index in [4.69, 9.17) is 9.97 Å². The normalized spacial score (nSPS) is 19.8. The molecule has 0 saturated carbocycles. The first-order valence-electron chi connectivity index (χ1n) is 22.6. The van der Waals surface area contributed by atoms with Gasteiger partial charge in [-0.2, -0.15) is 0 Å². The van der Waals surface area contributed by atoms with Gasteiger partial charge >= 0.3 is 0 Å². The summed E-state index contributed by atoms with van der Waals surface area (Å²) in [7, 11) is 0. The zero-order valence-corrected chi connectivity index (χ0v) is 36.1. The minimum Gasteiger partial charge on any atom is -0.340 e. The van der Waals surface area contributed by atoms with Gasteiger partial charge in [-0.05, 0) is 130 Å². The quantitative estimate of drug-likeness (QED) is 0.111. The third kappa shape index (κ3) is 8.76. The number of amides is 2. The van der Waals surface area contributed by atoms with E-state index in [-0.39, 0.29) is 41.2 Å². The van der Waals surface area contributed by atoms with Crippen LogP contribution in [0.15, 0.2) is 97.1 Å². The number of hydrogen-bond donors (Lipinski definition) is 4. The van der Waals surface area contributed by atoms with Gasteiger partial charge in [-0.15, -0.1) is 0 Å². The van der Waals surface area contributed by atoms with Crippen LogP contribution in [-0.2, 0) is 42.2 Å². The molecule has 2 aromatic heterocycles. The first-order valence-corrected chi connectivity index (χ1v) is 22.6. The Morgan fingerprint density at radius 2 is 1.16 bits per heavy atom. The molecule has 0 radical (unpaired) electrons. The van der Waals surface area contributed by atoms with E-state index < -0.39 is 0 Å². The molecule has 6 heterocycles. The van der Waals surface area contributed by atoms with Gasteiger partial charge in [-0.1, -0.05) is 29.8 Å². The number of rotatable bonds is 10. The Hall–Kier alpha value is -6.38. The fourth-order valence-corrected chi connectivity index (χ4v) is 9.83. The van der Waals surface area contributed by atoms with Crippen LogP contribution in [0, 0.1) is 36.3 Å². The number of benzene rings is 4. The molecule has 2 fully saturated rings. The predicted octanol–water partition coefficient (Wildman–Crippen LogP) is 7.64. The van der Waals surface area contributed by atoms with Crippen molar-refractivity contribution in [2.24, 2.45) is 17.8 Å². The van der Waals surface area contributed by atoms with E-state index in [1.165, 1.54) is 35.4 Å². The summed E-state index contributed by atoms with van der Waals surface area (Å²) in [5.41, 5.74) is 7.25. The lowest BCUT2D eigenvalue weighted by atomic mass is 9.85. The lowest BCUT2D eigenvalue weighted by Gasteiger charge is -2.35. The summed E-state index contributed by atoms with van der Waals surface area (Å²) in [6.45, 7) is 8.40. The van der Waals surface area contributed by atoms with Crippen molar-refractivity contribution in [2.45, 2.75) is 58.8 Å². The summed E-state index contributed by atoms with van der Waals surface area (Å²) in [4.78, 5) is 41.6. The molecular formula is C50H54F2N10O2. The molecule has 4 aromatic carbocycles. The lowest BCUT2D eigenvalue weighted by Crippen LogP contribution is -2.48. The molecule has 2 saturated heterocycles. The first-order chi connectivity index (χ1) is 31.2. The largest absolute Gasteiger partial charge is 0.340 e. The molecule has 14 heteroatoms. The molecule has 64 heavy (non-hydrogen) atoms. The second kappa shape index (κ2) is 18.0. The monoisotopic (exact) mass is 864 g/mol. The van der Waals surface area contributed by atoms with Gasteiger partial charge in [-0.3, -0.25) is 9.59 Å². The molecule has 4 aliphatic heterocycles. The third-order valence-electron chi connectivity index (χ3n) is 13.3. The zero-order valence-electron chi connectivity index (χ0n) is 36.1. The molecule has 2 amide bonds. The lowest BCUT2D eigenvalue weighted by molar-refractivity contribution is -0.138. The van der Waals surface area contributed by atoms with E-state index in [9.17, 15) is 18.4 Å². The number of aromatic nitrogens is 4. The first kappa shape index (κ1) is 41.6. The van der Waals surface area contributed by atoms with E-state index in [0.717, 1.165) is 95.9 Å². The average Bonchev–Trinajstić information content (AvgIpc) is 3.87. The molecule has 0 spiro atoms. The highest BCUT2D eigenvalue weighted by Crippen LogP contribution is 2.36. The Kier molecular flexibility index (Phi) is 11.7. The van der Waals surface area contributed by atoms with Crippen LogP contribution in [0.3, 0.4) is 0 Å². The SMILES string of the molecule is Cc1ccc(Nc2c(-c3ccc(F)cc3)nc3n2CCN(C(=O)[C@H]2CNCC(Cc4ccc(Nc5c(-c6ccc(F)cc6)nc6n5CCN(C(=O)C5CCCNC5)C6)cc4)C2)C3)cc1. The van der Waals surface area contributed by atoms with Crippen LogP contribution < -0.4 is 21.3 Å². The number of carbonyl (C=O) groups excluding carboxylic acids is 2. The maximum atomic E-state index is 14.2. The van der Waals surface area contributed by atoms with E-state index in [0.29, 0.717) is 52.4 Å². The predicted molar refractivity (Wildman–Crippen MR) is 244 cm³/mol. The molecule has 4 N–H and O–H groups in total. The number of piperidine rings is 2. The topological polar surface area (TPSA) is 124 Å². The van der Waals surface area contributed by atoms with Gasteiger partial charge in [0.15, 0.2) is 0 Å². The summed E-state index contributed by atoms with van der Waals surface area (Å²) >= 11 is 0. The smallest absolute Gasteiger partial charge is 0.227 e. The van der Waals surface area contributed by atoms with Gasteiger partial charge in [0.2, 0.25) is 11.8 Å². The zero-order chi connectivity index (χ0) is 43.7. The van der Waals surface area contributed by atoms with Gasteiger partial charge < -0.3 is 40.2 Å². The number of nitrogens with one attached hydrogen (secondary N) is 4. The van der Waals surface area contributed by atoms with Gasteiger partial charge in [0.05, 0.1) is 24.9 Å². The number of aryl methyl sites for hydroxylation is 1. The molecule has 2 unspecified atom stereocenters. The number of nitrogens with zero attached hydrogens (tertiary/aromatic N) is 6. The molecular weight excluding hydrogens is 811 g/mol. The molecule has 10 rings (SSSR count). The maximum absolute atomic E-state index is 14.2. The van der Waals surface area contributed by atoms with Gasteiger partial charge in [0, 0.05) is 61.8 Å². The fourth-order valence-electron chi connectivity index (χ4n) is 9.83. The maximum Gasteiger partial charge on any atom is 0.227 e. The Morgan fingerprint density at radius 1 is 0.641 bits per heavy atom. The van der Waals surface area contributed by atoms with Crippen molar-refractivity contribution in [3.63, 3.8) is 0 Å². The number of fused-ring (bicyclic) bond motifs is 2.